The van der Waals surface area contributed by atoms with E-state index >= 15 is 0 Å². The summed E-state index contributed by atoms with van der Waals surface area (Å²) in [7, 11) is 1.65. The van der Waals surface area contributed by atoms with Gasteiger partial charge in [0, 0.05) is 22.8 Å². The molecule has 6 nitrogen and oxygen atoms in total. The summed E-state index contributed by atoms with van der Waals surface area (Å²) in [6.07, 6.45) is 3.53. The van der Waals surface area contributed by atoms with Crippen molar-refractivity contribution < 1.29 is 13.9 Å². The third-order valence-electron chi connectivity index (χ3n) is 7.78. The second kappa shape index (κ2) is 10.0. The molecule has 0 radical (unpaired) electrons. The Morgan fingerprint density at radius 2 is 1.78 bits per heavy atom. The lowest BCUT2D eigenvalue weighted by Gasteiger charge is -2.30. The van der Waals surface area contributed by atoms with E-state index in [1.54, 1.807) is 32.2 Å². The molecule has 1 aliphatic heterocycles. The number of fused-ring (bicyclic) bond motifs is 3. The highest BCUT2D eigenvalue weighted by Crippen LogP contribution is 2.41. The van der Waals surface area contributed by atoms with Gasteiger partial charge in [-0.15, -0.1) is 0 Å². The van der Waals surface area contributed by atoms with Crippen LogP contribution in [0.2, 0.25) is 0 Å². The summed E-state index contributed by atoms with van der Waals surface area (Å²) in [6.45, 7) is 1.55. The van der Waals surface area contributed by atoms with Gasteiger partial charge < -0.3 is 9.15 Å². The Morgan fingerprint density at radius 3 is 2.54 bits per heavy atom. The average Bonchev–Trinajstić information content (AvgIpc) is 3.60. The lowest BCUT2D eigenvalue weighted by atomic mass is 9.83. The molecule has 2 aliphatic rings. The highest BCUT2D eigenvalue weighted by Gasteiger charge is 2.32. The van der Waals surface area contributed by atoms with E-state index in [4.69, 9.17) is 14.1 Å². The van der Waals surface area contributed by atoms with Crippen molar-refractivity contribution in [3.8, 4) is 17.1 Å². The second-order valence-electron chi connectivity index (χ2n) is 10.2. The maximum absolute atomic E-state index is 14.0. The van der Waals surface area contributed by atoms with Crippen LogP contribution in [0.4, 0.5) is 0 Å². The van der Waals surface area contributed by atoms with Crippen molar-refractivity contribution in [1.29, 1.82) is 0 Å². The molecule has 0 bridgehead atoms. The Labute approximate surface area is 240 Å². The average molecular weight is 559 g/mol. The minimum Gasteiger partial charge on any atom is -0.497 e. The number of benzene rings is 3. The van der Waals surface area contributed by atoms with Crippen molar-refractivity contribution >= 4 is 28.9 Å². The molecule has 3 heterocycles. The summed E-state index contributed by atoms with van der Waals surface area (Å²) >= 11 is 1.38. The van der Waals surface area contributed by atoms with E-state index in [0.717, 1.165) is 46.6 Å². The van der Waals surface area contributed by atoms with Crippen molar-refractivity contribution in [1.82, 2.24) is 4.57 Å². The van der Waals surface area contributed by atoms with E-state index < -0.39 is 0 Å². The van der Waals surface area contributed by atoms with Crippen LogP contribution in [0.15, 0.2) is 105 Å². The molecule has 1 aliphatic carbocycles. The largest absolute Gasteiger partial charge is 0.497 e. The van der Waals surface area contributed by atoms with Crippen LogP contribution in [0, 0.1) is 0 Å². The van der Waals surface area contributed by atoms with Gasteiger partial charge in [-0.05, 0) is 60.7 Å². The molecule has 2 aromatic heterocycles. The quantitative estimate of drug-likeness (QED) is 0.256. The van der Waals surface area contributed by atoms with Gasteiger partial charge >= 0.3 is 0 Å². The Morgan fingerprint density at radius 1 is 1.00 bits per heavy atom. The maximum atomic E-state index is 14.0. The first-order valence-corrected chi connectivity index (χ1v) is 14.3. The summed E-state index contributed by atoms with van der Waals surface area (Å²) in [5, 5.41) is 0. The number of aryl methyl sites for hydroxylation is 1. The van der Waals surface area contributed by atoms with Gasteiger partial charge in [0.05, 0.1) is 23.4 Å². The third kappa shape index (κ3) is 4.39. The van der Waals surface area contributed by atoms with Gasteiger partial charge in [-0.25, -0.2) is 4.99 Å². The summed E-state index contributed by atoms with van der Waals surface area (Å²) in [4.78, 5) is 31.4. The highest BCUT2D eigenvalue weighted by molar-refractivity contribution is 7.07. The monoisotopic (exact) mass is 558 g/mol. The molecule has 1 atom stereocenters. The Kier molecular flexibility index (Phi) is 6.16. The topological polar surface area (TPSA) is 73.8 Å². The molecule has 0 N–H and O–H groups in total. The molecule has 0 saturated carbocycles. The number of methoxy groups -OCH3 is 1. The number of thiazole rings is 1. The van der Waals surface area contributed by atoms with E-state index in [0.29, 0.717) is 26.4 Å². The molecule has 0 saturated heterocycles. The lowest BCUT2D eigenvalue weighted by Crippen LogP contribution is -2.38. The van der Waals surface area contributed by atoms with E-state index in [2.05, 4.69) is 18.2 Å². The summed E-state index contributed by atoms with van der Waals surface area (Å²) in [5.41, 5.74) is 6.98. The Bertz CT molecular complexity index is 2030. The minimum atomic E-state index is -0.255. The fourth-order valence-electron chi connectivity index (χ4n) is 5.69. The minimum absolute atomic E-state index is 0.0187. The maximum Gasteiger partial charge on any atom is 0.271 e. The number of ketones is 1. The molecule has 5 aromatic rings. The van der Waals surface area contributed by atoms with Crippen LogP contribution in [0.3, 0.4) is 0 Å². The number of allylic oxidation sites excluding steroid dienone is 1. The van der Waals surface area contributed by atoms with Gasteiger partial charge in [0.15, 0.2) is 10.6 Å². The molecule has 41 heavy (non-hydrogen) atoms. The summed E-state index contributed by atoms with van der Waals surface area (Å²) < 4.78 is 13.9. The first-order valence-electron chi connectivity index (χ1n) is 13.5. The van der Waals surface area contributed by atoms with E-state index in [1.807, 2.05) is 59.2 Å². The van der Waals surface area contributed by atoms with Crippen molar-refractivity contribution in [2.24, 2.45) is 4.99 Å². The molecule has 0 unspecified atom stereocenters. The predicted octanol–water partition coefficient (Wildman–Crippen LogP) is 5.79. The van der Waals surface area contributed by atoms with E-state index in [9.17, 15) is 9.59 Å². The van der Waals surface area contributed by atoms with Crippen molar-refractivity contribution in [2.75, 3.05) is 7.11 Å². The second-order valence-corrected chi connectivity index (χ2v) is 11.2. The number of furan rings is 1. The number of carbonyl (C=O) groups is 1. The fourth-order valence-corrected chi connectivity index (χ4v) is 6.67. The van der Waals surface area contributed by atoms with Crippen LogP contribution in [0.25, 0.3) is 23.1 Å². The van der Waals surface area contributed by atoms with Gasteiger partial charge in [-0.1, -0.05) is 72.0 Å². The Balaban J connectivity index is 1.35. The summed E-state index contributed by atoms with van der Waals surface area (Å²) in [6, 6.07) is 27.1. The standard InChI is InChI=1S/C34H26N2O4S/c1-20(37)21-7-9-23(10-8-21)29-18-16-26(40-29)19-30-33(38)36-32(24-11-14-25(39-2)15-12-24)28-17-13-22-5-3-4-6-27(22)31(28)35-34(36)41-30/h3-12,14-16,18-19,32H,13,17H2,1-2H3/b30-19+/t32-/m0/s1. The molecule has 0 fully saturated rings. The van der Waals surface area contributed by atoms with Gasteiger partial charge in [-0.3, -0.25) is 14.2 Å². The normalized spacial score (nSPS) is 16.0. The van der Waals surface area contributed by atoms with Crippen LogP contribution in [0.5, 0.6) is 5.75 Å². The summed E-state index contributed by atoms with van der Waals surface area (Å²) in [5.74, 6) is 2.04. The van der Waals surface area contributed by atoms with Crippen LogP contribution in [-0.2, 0) is 6.42 Å². The number of nitrogens with zero attached hydrogens (tertiary/aromatic N) is 2. The predicted molar refractivity (Wildman–Crippen MR) is 160 cm³/mol. The number of aromatic nitrogens is 1. The molecule has 7 rings (SSSR count). The van der Waals surface area contributed by atoms with Crippen LogP contribution in [0.1, 0.15) is 52.2 Å². The van der Waals surface area contributed by atoms with Crippen LogP contribution >= 0.6 is 11.3 Å². The van der Waals surface area contributed by atoms with Gasteiger partial charge in [0.25, 0.3) is 5.56 Å². The molecular weight excluding hydrogens is 532 g/mol. The molecule has 0 spiro atoms. The molecule has 202 valence electrons. The van der Waals surface area contributed by atoms with Crippen molar-refractivity contribution in [2.45, 2.75) is 25.8 Å². The number of rotatable bonds is 5. The number of hydrogen-bond acceptors (Lipinski definition) is 6. The van der Waals surface area contributed by atoms with Crippen LogP contribution in [-0.4, -0.2) is 17.5 Å². The fraction of sp³-hybridized carbons (Fsp3) is 0.147. The van der Waals surface area contributed by atoms with Crippen molar-refractivity contribution in [3.63, 3.8) is 0 Å². The first-order chi connectivity index (χ1) is 20.0. The Hall–Kier alpha value is -4.75. The van der Waals surface area contributed by atoms with Crippen molar-refractivity contribution in [3.05, 3.63) is 138 Å². The smallest absolute Gasteiger partial charge is 0.271 e. The zero-order valence-electron chi connectivity index (χ0n) is 22.6. The third-order valence-corrected chi connectivity index (χ3v) is 8.76. The number of carbonyl (C=O) groups excluding carboxylic acids is 1. The van der Waals surface area contributed by atoms with Gasteiger partial charge in [0.2, 0.25) is 0 Å². The van der Waals surface area contributed by atoms with Crippen LogP contribution < -0.4 is 19.6 Å². The van der Waals surface area contributed by atoms with Gasteiger partial charge in [-0.2, -0.15) is 0 Å². The zero-order valence-corrected chi connectivity index (χ0v) is 23.4. The van der Waals surface area contributed by atoms with E-state index in [1.165, 1.54) is 16.9 Å². The zero-order chi connectivity index (χ0) is 28.1. The molecule has 0 amide bonds. The first kappa shape index (κ1) is 25.2. The van der Waals surface area contributed by atoms with E-state index in [-0.39, 0.29) is 17.4 Å². The number of hydrogen-bond donors (Lipinski definition) is 0. The molecule has 7 heteroatoms. The van der Waals surface area contributed by atoms with Gasteiger partial charge in [0.1, 0.15) is 17.3 Å². The highest BCUT2D eigenvalue weighted by atomic mass is 32.1. The number of Topliss-reactive ketones (excluding diaryl/α,β-unsaturated/α-hetero) is 1. The SMILES string of the molecule is COc1ccc([C@H]2C3=C(N=c4s/c(=C/c5ccc(-c6ccc(C(C)=O)cc6)o5)c(=O)n42)c2ccccc2CC3)cc1. The molecule has 3 aromatic carbocycles. The molecular formula is C34H26N2O4S. The lowest BCUT2D eigenvalue weighted by molar-refractivity contribution is 0.101. The number of ether oxygens (including phenoxy) is 1.